The van der Waals surface area contributed by atoms with Gasteiger partial charge in [-0.15, -0.1) is 0 Å². The summed E-state index contributed by atoms with van der Waals surface area (Å²) in [5.41, 5.74) is 0.950. The van der Waals surface area contributed by atoms with E-state index in [0.717, 1.165) is 5.56 Å². The molecule has 19 heavy (non-hydrogen) atoms. The number of carbonyl (C=O) groups is 1. The molecule has 1 aromatic rings. The maximum Gasteiger partial charge on any atom is 0.323 e. The second-order valence-corrected chi connectivity index (χ2v) is 6.24. The fourth-order valence-electron chi connectivity index (χ4n) is 1.67. The van der Waals surface area contributed by atoms with E-state index in [-0.39, 0.29) is 23.7 Å². The number of hydrogen-bond acceptors (Lipinski definition) is 4. The van der Waals surface area contributed by atoms with Crippen molar-refractivity contribution in [1.29, 1.82) is 0 Å². The maximum absolute atomic E-state index is 11.6. The van der Waals surface area contributed by atoms with Crippen molar-refractivity contribution < 1.29 is 14.6 Å². The van der Waals surface area contributed by atoms with Crippen LogP contribution in [-0.2, 0) is 16.1 Å². The lowest BCUT2D eigenvalue weighted by molar-refractivity contribution is -0.144. The molecule has 1 unspecified atom stereocenters. The van der Waals surface area contributed by atoms with Crippen LogP contribution in [0, 0.1) is 5.92 Å². The van der Waals surface area contributed by atoms with Gasteiger partial charge in [0, 0.05) is 6.54 Å². The Morgan fingerprint density at radius 1 is 1.37 bits per heavy atom. The fraction of sp³-hybridized carbons (Fsp3) is 0.462. The highest BCUT2D eigenvalue weighted by Crippen LogP contribution is 2.33. The van der Waals surface area contributed by atoms with Crippen LogP contribution in [0.3, 0.4) is 0 Å². The molecule has 106 valence electrons. The number of aromatic hydroxyl groups is 1. The molecule has 0 aliphatic heterocycles. The maximum atomic E-state index is 11.6. The summed E-state index contributed by atoms with van der Waals surface area (Å²) in [7, 11) is 1.38. The van der Waals surface area contributed by atoms with Gasteiger partial charge >= 0.3 is 5.97 Å². The van der Waals surface area contributed by atoms with Gasteiger partial charge in [-0.05, 0) is 55.5 Å². The average molecular weight is 395 g/mol. The van der Waals surface area contributed by atoms with Gasteiger partial charge in [-0.2, -0.15) is 0 Å². The SMILES string of the molecule is COC(=O)C(NCc1cc(Br)c(O)c(Br)c1)C(C)C. The summed E-state index contributed by atoms with van der Waals surface area (Å²) < 4.78 is 5.99. The van der Waals surface area contributed by atoms with Crippen LogP contribution in [0.5, 0.6) is 5.75 Å². The molecule has 0 heterocycles. The molecule has 6 heteroatoms. The van der Waals surface area contributed by atoms with Crippen molar-refractivity contribution >= 4 is 37.8 Å². The summed E-state index contributed by atoms with van der Waals surface area (Å²) in [5.74, 6) is 0.0282. The number of phenolic OH excluding ortho intramolecular Hbond substituents is 1. The summed E-state index contributed by atoms with van der Waals surface area (Å²) >= 11 is 6.55. The molecule has 0 aromatic heterocycles. The summed E-state index contributed by atoms with van der Waals surface area (Å²) in [4.78, 5) is 11.6. The van der Waals surface area contributed by atoms with Crippen molar-refractivity contribution in [3.63, 3.8) is 0 Å². The van der Waals surface area contributed by atoms with Crippen molar-refractivity contribution in [2.45, 2.75) is 26.4 Å². The highest BCUT2D eigenvalue weighted by atomic mass is 79.9. The highest BCUT2D eigenvalue weighted by Gasteiger charge is 2.22. The van der Waals surface area contributed by atoms with Crippen LogP contribution in [0.4, 0.5) is 0 Å². The summed E-state index contributed by atoms with van der Waals surface area (Å²) in [6, 6.07) is 3.26. The molecular weight excluding hydrogens is 378 g/mol. The van der Waals surface area contributed by atoms with Crippen molar-refractivity contribution in [3.05, 3.63) is 26.6 Å². The Labute approximate surface area is 129 Å². The molecule has 2 N–H and O–H groups in total. The zero-order valence-corrected chi connectivity index (χ0v) is 14.2. The van der Waals surface area contributed by atoms with Gasteiger partial charge in [-0.1, -0.05) is 13.8 Å². The molecule has 0 aliphatic carbocycles. The van der Waals surface area contributed by atoms with E-state index in [1.807, 2.05) is 26.0 Å². The first-order valence-corrected chi connectivity index (χ1v) is 7.43. The molecule has 0 fully saturated rings. The Kier molecular flexibility index (Phi) is 6.29. The largest absolute Gasteiger partial charge is 0.506 e. The van der Waals surface area contributed by atoms with Gasteiger partial charge < -0.3 is 15.2 Å². The fourth-order valence-corrected chi connectivity index (χ4v) is 2.95. The predicted octanol–water partition coefficient (Wildman–Crippen LogP) is 3.20. The van der Waals surface area contributed by atoms with Gasteiger partial charge in [0.1, 0.15) is 11.8 Å². The first-order chi connectivity index (χ1) is 8.86. The van der Waals surface area contributed by atoms with Gasteiger partial charge in [0.2, 0.25) is 0 Å². The lowest BCUT2D eigenvalue weighted by atomic mass is 10.0. The summed E-state index contributed by atoms with van der Waals surface area (Å²) in [6.45, 7) is 4.42. The molecular formula is C13H17Br2NO3. The number of nitrogens with one attached hydrogen (secondary N) is 1. The Morgan fingerprint density at radius 2 is 1.89 bits per heavy atom. The number of ether oxygens (including phenoxy) is 1. The molecule has 0 radical (unpaired) electrons. The molecule has 1 atom stereocenters. The van der Waals surface area contributed by atoms with Crippen molar-refractivity contribution in [2.24, 2.45) is 5.92 Å². The molecule has 1 aromatic carbocycles. The first kappa shape index (κ1) is 16.5. The topological polar surface area (TPSA) is 58.6 Å². The molecule has 0 amide bonds. The van der Waals surface area contributed by atoms with E-state index < -0.39 is 0 Å². The normalized spacial score (nSPS) is 12.5. The number of esters is 1. The minimum absolute atomic E-state index is 0.136. The van der Waals surface area contributed by atoms with E-state index >= 15 is 0 Å². The van der Waals surface area contributed by atoms with E-state index in [4.69, 9.17) is 4.74 Å². The average Bonchev–Trinajstić information content (AvgIpc) is 2.35. The smallest absolute Gasteiger partial charge is 0.323 e. The molecule has 0 aliphatic rings. The van der Waals surface area contributed by atoms with Gasteiger partial charge in [0.05, 0.1) is 16.1 Å². The van der Waals surface area contributed by atoms with E-state index in [0.29, 0.717) is 15.5 Å². The van der Waals surface area contributed by atoms with Gasteiger partial charge in [0.15, 0.2) is 0 Å². The minimum Gasteiger partial charge on any atom is -0.506 e. The third kappa shape index (κ3) is 4.47. The Hall–Kier alpha value is -0.590. The third-order valence-corrected chi connectivity index (χ3v) is 3.93. The summed E-state index contributed by atoms with van der Waals surface area (Å²) in [6.07, 6.45) is 0. The number of methoxy groups -OCH3 is 1. The molecule has 0 spiro atoms. The lowest BCUT2D eigenvalue weighted by Crippen LogP contribution is -2.41. The highest BCUT2D eigenvalue weighted by molar-refractivity contribution is 9.11. The number of halogens is 2. The second kappa shape index (κ2) is 7.26. The van der Waals surface area contributed by atoms with Crippen LogP contribution in [0.2, 0.25) is 0 Å². The number of hydrogen-bond donors (Lipinski definition) is 2. The number of phenols is 1. The van der Waals surface area contributed by atoms with Crippen LogP contribution in [0.1, 0.15) is 19.4 Å². The zero-order valence-electron chi connectivity index (χ0n) is 11.0. The van der Waals surface area contributed by atoms with Crippen LogP contribution >= 0.6 is 31.9 Å². The molecule has 0 saturated carbocycles. The van der Waals surface area contributed by atoms with Crippen molar-refractivity contribution in [3.8, 4) is 5.75 Å². The van der Waals surface area contributed by atoms with Crippen LogP contribution in [0.15, 0.2) is 21.1 Å². The quantitative estimate of drug-likeness (QED) is 0.753. The van der Waals surface area contributed by atoms with Gasteiger partial charge in [-0.3, -0.25) is 4.79 Å². The van der Waals surface area contributed by atoms with E-state index in [1.165, 1.54) is 7.11 Å². The Balaban J connectivity index is 2.77. The van der Waals surface area contributed by atoms with E-state index in [2.05, 4.69) is 37.2 Å². The molecule has 0 saturated heterocycles. The Bertz CT molecular complexity index is 440. The molecule has 1 rings (SSSR count). The first-order valence-electron chi connectivity index (χ1n) is 5.85. The number of carbonyl (C=O) groups excluding carboxylic acids is 1. The standard InChI is InChI=1S/C13H17Br2NO3/c1-7(2)11(13(18)19-3)16-6-8-4-9(14)12(17)10(15)5-8/h4-5,7,11,16-17H,6H2,1-3H3. The predicted molar refractivity (Wildman–Crippen MR) is 81.0 cm³/mol. The van der Waals surface area contributed by atoms with E-state index in [1.54, 1.807) is 0 Å². The Morgan fingerprint density at radius 3 is 2.32 bits per heavy atom. The molecule has 0 bridgehead atoms. The van der Waals surface area contributed by atoms with Crippen molar-refractivity contribution in [1.82, 2.24) is 5.32 Å². The number of rotatable bonds is 5. The van der Waals surface area contributed by atoms with Crippen LogP contribution in [-0.4, -0.2) is 24.2 Å². The van der Waals surface area contributed by atoms with E-state index in [9.17, 15) is 9.90 Å². The molecule has 4 nitrogen and oxygen atoms in total. The summed E-state index contributed by atoms with van der Waals surface area (Å²) in [5, 5.41) is 12.8. The monoisotopic (exact) mass is 393 g/mol. The zero-order chi connectivity index (χ0) is 14.6. The minimum atomic E-state index is -0.351. The van der Waals surface area contributed by atoms with Gasteiger partial charge in [-0.25, -0.2) is 0 Å². The lowest BCUT2D eigenvalue weighted by Gasteiger charge is -2.20. The number of benzene rings is 1. The van der Waals surface area contributed by atoms with Gasteiger partial charge in [0.25, 0.3) is 0 Å². The van der Waals surface area contributed by atoms with Crippen molar-refractivity contribution in [2.75, 3.05) is 7.11 Å². The van der Waals surface area contributed by atoms with Crippen LogP contribution < -0.4 is 5.32 Å². The van der Waals surface area contributed by atoms with Crippen LogP contribution in [0.25, 0.3) is 0 Å². The second-order valence-electron chi connectivity index (χ2n) is 4.53. The third-order valence-electron chi connectivity index (χ3n) is 2.72.